The molecule has 104 valence electrons. The van der Waals surface area contributed by atoms with E-state index in [9.17, 15) is 0 Å². The second-order valence-electron chi connectivity index (χ2n) is 3.84. The fraction of sp³-hybridized carbons (Fsp3) is 0.667. The smallest absolute Gasteiger partial charge is 0.140 e. The first-order chi connectivity index (χ1) is 9.31. The van der Waals surface area contributed by atoms with Gasteiger partial charge in [0.1, 0.15) is 12.3 Å². The first-order valence-corrected chi connectivity index (χ1v) is 7.92. The molecule has 1 atom stereocenters. The van der Waals surface area contributed by atoms with Crippen LogP contribution >= 0.6 is 22.5 Å². The zero-order valence-electron chi connectivity index (χ0n) is 10.8. The summed E-state index contributed by atoms with van der Waals surface area (Å²) in [6.45, 7) is 4.50. The summed E-state index contributed by atoms with van der Waals surface area (Å²) in [5.74, 6) is 6.25. The van der Waals surface area contributed by atoms with Gasteiger partial charge >= 0.3 is 0 Å². The van der Waals surface area contributed by atoms with E-state index in [-0.39, 0.29) is 6.04 Å². The zero-order chi connectivity index (χ0) is 13.9. The third-order valence-corrected chi connectivity index (χ3v) is 3.33. The average Bonchev–Trinajstić information content (AvgIpc) is 2.41. The number of hydrogen-bond donors (Lipinski definition) is 1. The lowest BCUT2D eigenvalue weighted by molar-refractivity contribution is -0.0368. The van der Waals surface area contributed by atoms with Gasteiger partial charge in [-0.25, -0.2) is 0 Å². The van der Waals surface area contributed by atoms with Crippen molar-refractivity contribution in [2.24, 2.45) is 5.16 Å². The largest absolute Gasteiger partial charge is 0.393 e. The van der Waals surface area contributed by atoms with Gasteiger partial charge in [0.15, 0.2) is 0 Å². The van der Waals surface area contributed by atoms with E-state index in [0.717, 1.165) is 6.54 Å². The fourth-order valence-electron chi connectivity index (χ4n) is 1.63. The summed E-state index contributed by atoms with van der Waals surface area (Å²) in [4.78, 5) is 7.36. The van der Waals surface area contributed by atoms with Crippen LogP contribution in [0.15, 0.2) is 5.16 Å². The molecular formula is C12H17N3O2S2. The highest BCUT2D eigenvalue weighted by Gasteiger charge is 2.23. The highest BCUT2D eigenvalue weighted by atomic mass is 33.1. The summed E-state index contributed by atoms with van der Waals surface area (Å²) >= 11 is 4.07. The Hall–Kier alpha value is -0.860. The second-order valence-corrected chi connectivity index (χ2v) is 5.16. The van der Waals surface area contributed by atoms with E-state index in [1.807, 2.05) is 4.90 Å². The Bertz CT molecular complexity index is 398. The summed E-state index contributed by atoms with van der Waals surface area (Å²) < 4.78 is 5.39. The number of morpholine rings is 1. The molecule has 5 nitrogen and oxygen atoms in total. The predicted octanol–water partition coefficient (Wildman–Crippen LogP) is 1.18. The van der Waals surface area contributed by atoms with Gasteiger partial charge in [0, 0.05) is 6.54 Å². The van der Waals surface area contributed by atoms with E-state index in [0.29, 0.717) is 37.8 Å². The minimum Gasteiger partial charge on any atom is -0.393 e. The Morgan fingerprint density at radius 1 is 1.68 bits per heavy atom. The van der Waals surface area contributed by atoms with Crippen molar-refractivity contribution in [3.05, 3.63) is 0 Å². The molecule has 0 bridgehead atoms. The van der Waals surface area contributed by atoms with Crippen LogP contribution in [0.2, 0.25) is 0 Å². The van der Waals surface area contributed by atoms with Gasteiger partial charge in [0.05, 0.1) is 37.6 Å². The number of nitriles is 1. The maximum absolute atomic E-state index is 8.76. The van der Waals surface area contributed by atoms with Crippen molar-refractivity contribution in [3.63, 3.8) is 0 Å². The molecule has 1 rings (SSSR count). The van der Waals surface area contributed by atoms with Crippen LogP contribution < -0.4 is 0 Å². The number of ether oxygens (including phenoxy) is 1. The van der Waals surface area contributed by atoms with Crippen molar-refractivity contribution in [2.45, 2.75) is 13.0 Å². The Balaban J connectivity index is 2.46. The normalized spacial score (nSPS) is 20.3. The number of rotatable bonds is 6. The number of thiol groups is 1. The minimum atomic E-state index is 0.0663. The molecule has 1 aliphatic heterocycles. The van der Waals surface area contributed by atoms with Gasteiger partial charge in [-0.2, -0.15) is 5.26 Å². The van der Waals surface area contributed by atoms with Crippen LogP contribution in [0.5, 0.6) is 0 Å². The van der Waals surface area contributed by atoms with E-state index >= 15 is 0 Å². The standard InChI is InChI=1S/C12H17N3O2S2/c1-2-3-11(10-19-18)14-17-9-12-8-16-7-6-15(12)5-4-13/h12,18H,5-10H2,1H3/b14-11+/t12-/m0/s1. The Morgan fingerprint density at radius 3 is 3.21 bits per heavy atom. The molecule has 0 aromatic rings. The maximum Gasteiger partial charge on any atom is 0.140 e. The number of hydrogen-bond acceptors (Lipinski definition) is 7. The SMILES string of the molecule is CC#C/C(CSS)=N\OC[C@@H]1COCCN1CC#N. The molecule has 1 heterocycles. The quantitative estimate of drug-likeness (QED) is 0.199. The first-order valence-electron chi connectivity index (χ1n) is 5.88. The van der Waals surface area contributed by atoms with Gasteiger partial charge in [-0.05, 0) is 12.8 Å². The van der Waals surface area contributed by atoms with Crippen LogP contribution in [0, 0.1) is 23.2 Å². The van der Waals surface area contributed by atoms with Crippen molar-refractivity contribution in [1.29, 1.82) is 5.26 Å². The van der Waals surface area contributed by atoms with E-state index in [1.54, 1.807) is 6.92 Å². The van der Waals surface area contributed by atoms with E-state index in [4.69, 9.17) is 14.8 Å². The van der Waals surface area contributed by atoms with Gasteiger partial charge in [0.25, 0.3) is 0 Å². The Morgan fingerprint density at radius 2 is 2.53 bits per heavy atom. The van der Waals surface area contributed by atoms with Gasteiger partial charge in [-0.15, -0.1) is 11.7 Å². The molecule has 1 aliphatic rings. The van der Waals surface area contributed by atoms with Gasteiger partial charge in [-0.3, -0.25) is 4.90 Å². The van der Waals surface area contributed by atoms with Crippen molar-refractivity contribution in [3.8, 4) is 17.9 Å². The third-order valence-electron chi connectivity index (χ3n) is 2.54. The molecule has 0 spiro atoms. The zero-order valence-corrected chi connectivity index (χ0v) is 12.5. The number of nitrogens with zero attached hydrogens (tertiary/aromatic N) is 3. The van der Waals surface area contributed by atoms with Crippen LogP contribution in [-0.2, 0) is 9.57 Å². The van der Waals surface area contributed by atoms with Crippen LogP contribution in [0.3, 0.4) is 0 Å². The molecule has 0 unspecified atom stereocenters. The summed E-state index contributed by atoms with van der Waals surface area (Å²) in [6.07, 6.45) is 0. The minimum absolute atomic E-state index is 0.0663. The molecule has 0 amide bonds. The van der Waals surface area contributed by atoms with E-state index in [2.05, 4.69) is 34.7 Å². The molecule has 19 heavy (non-hydrogen) atoms. The molecule has 1 fully saturated rings. The lowest BCUT2D eigenvalue weighted by Crippen LogP contribution is -2.47. The molecular weight excluding hydrogens is 282 g/mol. The van der Waals surface area contributed by atoms with Crippen molar-refractivity contribution in [1.82, 2.24) is 4.90 Å². The number of oxime groups is 1. The molecule has 0 aliphatic carbocycles. The molecule has 0 aromatic carbocycles. The van der Waals surface area contributed by atoms with E-state index < -0.39 is 0 Å². The third kappa shape index (κ3) is 6.22. The monoisotopic (exact) mass is 299 g/mol. The summed E-state index contributed by atoms with van der Waals surface area (Å²) in [5.41, 5.74) is 0.658. The summed E-state index contributed by atoms with van der Waals surface area (Å²) in [5, 5.41) is 12.8. The lowest BCUT2D eigenvalue weighted by Gasteiger charge is -2.32. The Labute approximate surface area is 123 Å². The van der Waals surface area contributed by atoms with Gasteiger partial charge < -0.3 is 9.57 Å². The Kier molecular flexibility index (Phi) is 8.52. The summed E-state index contributed by atoms with van der Waals surface area (Å²) in [7, 11) is 1.35. The van der Waals surface area contributed by atoms with Crippen LogP contribution in [0.1, 0.15) is 6.92 Å². The van der Waals surface area contributed by atoms with Gasteiger partial charge in [-0.1, -0.05) is 21.9 Å². The molecule has 7 heteroatoms. The molecule has 0 aromatic heterocycles. The molecule has 1 saturated heterocycles. The maximum atomic E-state index is 8.76. The van der Waals surface area contributed by atoms with E-state index in [1.165, 1.54) is 10.8 Å². The second kappa shape index (κ2) is 9.99. The van der Waals surface area contributed by atoms with Crippen molar-refractivity contribution in [2.75, 3.05) is 38.7 Å². The lowest BCUT2D eigenvalue weighted by atomic mass is 10.2. The van der Waals surface area contributed by atoms with Crippen molar-refractivity contribution >= 4 is 28.2 Å². The molecule has 0 N–H and O–H groups in total. The van der Waals surface area contributed by atoms with Crippen LogP contribution in [-0.4, -0.2) is 55.3 Å². The van der Waals surface area contributed by atoms with Crippen LogP contribution in [0.25, 0.3) is 0 Å². The highest BCUT2D eigenvalue weighted by Crippen LogP contribution is 2.08. The predicted molar refractivity (Wildman–Crippen MR) is 80.1 cm³/mol. The topological polar surface area (TPSA) is 57.9 Å². The first kappa shape index (κ1) is 16.2. The van der Waals surface area contributed by atoms with Gasteiger partial charge in [0.2, 0.25) is 0 Å². The average molecular weight is 299 g/mol. The molecule has 0 radical (unpaired) electrons. The summed E-state index contributed by atoms with van der Waals surface area (Å²) in [6, 6.07) is 2.22. The van der Waals surface area contributed by atoms with Crippen molar-refractivity contribution < 1.29 is 9.57 Å². The van der Waals surface area contributed by atoms with Crippen LogP contribution in [0.4, 0.5) is 0 Å². The fourth-order valence-corrected chi connectivity index (χ4v) is 2.25. The molecule has 0 saturated carbocycles. The highest BCUT2D eigenvalue weighted by molar-refractivity contribution is 8.68.